The summed E-state index contributed by atoms with van der Waals surface area (Å²) in [4.78, 5) is 0. The lowest BCUT2D eigenvalue weighted by atomic mass is 10.0. The maximum atomic E-state index is 2.47. The van der Waals surface area contributed by atoms with E-state index in [1.165, 1.54) is 92.8 Å². The van der Waals surface area contributed by atoms with Crippen LogP contribution in [0.3, 0.4) is 0 Å². The molecule has 0 amide bonds. The number of hydrogen-bond acceptors (Lipinski definition) is 0. The third-order valence-corrected chi connectivity index (χ3v) is 11.1. The molecule has 0 bridgehead atoms. The van der Waals surface area contributed by atoms with Crippen molar-refractivity contribution in [2.75, 3.05) is 0 Å². The summed E-state index contributed by atoms with van der Waals surface area (Å²) in [5.74, 6) is 0. The lowest BCUT2D eigenvalue weighted by molar-refractivity contribution is 1.17. The summed E-state index contributed by atoms with van der Waals surface area (Å²) in [5, 5.41) is 10.3. The minimum Gasteiger partial charge on any atom is -0.309 e. The Bertz CT molecular complexity index is 3360. The fraction of sp³-hybridized carbons (Fsp3) is 0. The van der Waals surface area contributed by atoms with Gasteiger partial charge in [0, 0.05) is 54.5 Å². The SMILES string of the molecule is c1ccc(-c2cccc(-n3c4ccccc4c4c5c6ccccc6n(-c6ccc7c8cccc9c%10ccccc%10n(c7c6)c98)c5ccc43)c2)cc1. The van der Waals surface area contributed by atoms with Gasteiger partial charge in [-0.2, -0.15) is 0 Å². The predicted molar refractivity (Wildman–Crippen MR) is 215 cm³/mol. The number of nitrogens with zero attached hydrogens (tertiary/aromatic N) is 3. The van der Waals surface area contributed by atoms with Crippen LogP contribution in [0.2, 0.25) is 0 Å². The van der Waals surface area contributed by atoms with E-state index in [0.29, 0.717) is 0 Å². The van der Waals surface area contributed by atoms with Gasteiger partial charge in [0.1, 0.15) is 0 Å². The topological polar surface area (TPSA) is 14.3 Å². The first-order chi connectivity index (χ1) is 25.3. The molecule has 236 valence electrons. The Morgan fingerprint density at radius 2 is 0.784 bits per heavy atom. The molecule has 12 rings (SSSR count). The van der Waals surface area contributed by atoms with Crippen molar-refractivity contribution in [1.29, 1.82) is 0 Å². The Balaban J connectivity index is 1.17. The Kier molecular flexibility index (Phi) is 5.23. The Labute approximate surface area is 292 Å². The molecule has 0 atom stereocenters. The summed E-state index contributed by atoms with van der Waals surface area (Å²) in [6.07, 6.45) is 0. The molecule has 0 fully saturated rings. The highest BCUT2D eigenvalue weighted by Crippen LogP contribution is 2.44. The van der Waals surface area contributed by atoms with E-state index in [9.17, 15) is 0 Å². The zero-order chi connectivity index (χ0) is 33.2. The van der Waals surface area contributed by atoms with Crippen LogP contribution in [0.1, 0.15) is 0 Å². The van der Waals surface area contributed by atoms with Crippen LogP contribution in [0, 0.1) is 0 Å². The molecule has 0 N–H and O–H groups in total. The van der Waals surface area contributed by atoms with Crippen molar-refractivity contribution in [1.82, 2.24) is 13.5 Å². The van der Waals surface area contributed by atoms with Crippen molar-refractivity contribution < 1.29 is 0 Å². The molecule has 3 heteroatoms. The monoisotopic (exact) mass is 647 g/mol. The van der Waals surface area contributed by atoms with Gasteiger partial charge in [0.25, 0.3) is 0 Å². The molecule has 51 heavy (non-hydrogen) atoms. The summed E-state index contributed by atoms with van der Waals surface area (Å²) in [5.41, 5.74) is 13.4. The van der Waals surface area contributed by atoms with Gasteiger partial charge in [-0.15, -0.1) is 0 Å². The van der Waals surface area contributed by atoms with Crippen LogP contribution in [0.15, 0.2) is 176 Å². The number of fused-ring (bicyclic) bond motifs is 13. The first-order valence-corrected chi connectivity index (χ1v) is 17.6. The van der Waals surface area contributed by atoms with Crippen LogP contribution in [0.5, 0.6) is 0 Å². The fourth-order valence-electron chi connectivity index (χ4n) is 9.09. The summed E-state index contributed by atoms with van der Waals surface area (Å²) in [6.45, 7) is 0. The second-order valence-electron chi connectivity index (χ2n) is 13.7. The summed E-state index contributed by atoms with van der Waals surface area (Å²) in [7, 11) is 0. The van der Waals surface area contributed by atoms with E-state index >= 15 is 0 Å². The van der Waals surface area contributed by atoms with Crippen molar-refractivity contribution in [2.24, 2.45) is 0 Å². The normalized spacial score (nSPS) is 12.3. The summed E-state index contributed by atoms with van der Waals surface area (Å²) >= 11 is 0. The highest BCUT2D eigenvalue weighted by molar-refractivity contribution is 6.29. The van der Waals surface area contributed by atoms with Crippen molar-refractivity contribution in [3.05, 3.63) is 176 Å². The van der Waals surface area contributed by atoms with Crippen LogP contribution in [0.4, 0.5) is 0 Å². The third-order valence-electron chi connectivity index (χ3n) is 11.1. The van der Waals surface area contributed by atoms with E-state index in [4.69, 9.17) is 0 Å². The smallest absolute Gasteiger partial charge is 0.0620 e. The Morgan fingerprint density at radius 1 is 0.275 bits per heavy atom. The molecule has 4 aromatic heterocycles. The van der Waals surface area contributed by atoms with Gasteiger partial charge in [-0.3, -0.25) is 0 Å². The molecular weight excluding hydrogens is 619 g/mol. The van der Waals surface area contributed by atoms with Gasteiger partial charge in [0.15, 0.2) is 0 Å². The quantitative estimate of drug-likeness (QED) is 0.181. The minimum absolute atomic E-state index is 1.16. The predicted octanol–water partition coefficient (Wildman–Crippen LogP) is 12.7. The number of para-hydroxylation sites is 4. The van der Waals surface area contributed by atoms with Gasteiger partial charge in [-0.05, 0) is 65.7 Å². The molecule has 3 nitrogen and oxygen atoms in total. The van der Waals surface area contributed by atoms with Gasteiger partial charge in [0.2, 0.25) is 0 Å². The maximum absolute atomic E-state index is 2.47. The van der Waals surface area contributed by atoms with Gasteiger partial charge in [-0.25, -0.2) is 0 Å². The zero-order valence-electron chi connectivity index (χ0n) is 27.6. The van der Waals surface area contributed by atoms with Gasteiger partial charge in [0.05, 0.1) is 38.6 Å². The standard InChI is InChI=1S/C48H29N3/c1-2-12-30(13-3-1)31-14-10-15-32(28-31)49-41-22-8-5-17-38(41)46-43(49)26-27-44-47(46)39-18-6-9-23-42(39)50(44)33-24-25-35-37-20-11-19-36-34-16-4-7-21-40(34)51(48(36)37)45(35)29-33/h1-29H. The lowest BCUT2D eigenvalue weighted by Gasteiger charge is -2.11. The minimum atomic E-state index is 1.16. The van der Waals surface area contributed by atoms with E-state index in [1.807, 2.05) is 0 Å². The average Bonchev–Trinajstić information content (AvgIpc) is 3.92. The molecule has 0 unspecified atom stereocenters. The average molecular weight is 648 g/mol. The molecule has 0 saturated heterocycles. The molecule has 0 aliphatic rings. The van der Waals surface area contributed by atoms with E-state index in [0.717, 1.165) is 11.4 Å². The van der Waals surface area contributed by atoms with E-state index in [1.54, 1.807) is 0 Å². The molecule has 8 aromatic carbocycles. The van der Waals surface area contributed by atoms with Crippen LogP contribution >= 0.6 is 0 Å². The Hall–Kier alpha value is -6.84. The number of benzene rings is 8. The molecule has 0 saturated carbocycles. The van der Waals surface area contributed by atoms with Crippen LogP contribution in [-0.4, -0.2) is 13.5 Å². The first kappa shape index (κ1) is 27.0. The number of hydrogen-bond donors (Lipinski definition) is 0. The zero-order valence-corrected chi connectivity index (χ0v) is 27.6. The lowest BCUT2D eigenvalue weighted by Crippen LogP contribution is -1.95. The number of aromatic nitrogens is 3. The molecule has 0 aliphatic carbocycles. The second-order valence-corrected chi connectivity index (χ2v) is 13.7. The Morgan fingerprint density at radius 3 is 1.47 bits per heavy atom. The first-order valence-electron chi connectivity index (χ1n) is 17.6. The molecule has 0 radical (unpaired) electrons. The summed E-state index contributed by atoms with van der Waals surface area (Å²) in [6, 6.07) is 64.6. The van der Waals surface area contributed by atoms with Gasteiger partial charge >= 0.3 is 0 Å². The fourth-order valence-corrected chi connectivity index (χ4v) is 9.09. The van der Waals surface area contributed by atoms with Crippen molar-refractivity contribution in [3.63, 3.8) is 0 Å². The molecule has 4 heterocycles. The molecule has 0 spiro atoms. The summed E-state index contributed by atoms with van der Waals surface area (Å²) < 4.78 is 7.39. The van der Waals surface area contributed by atoms with Gasteiger partial charge in [-0.1, -0.05) is 121 Å². The van der Waals surface area contributed by atoms with Gasteiger partial charge < -0.3 is 13.5 Å². The van der Waals surface area contributed by atoms with Crippen molar-refractivity contribution >= 4 is 81.7 Å². The van der Waals surface area contributed by atoms with Crippen LogP contribution in [0.25, 0.3) is 104 Å². The highest BCUT2D eigenvalue weighted by atomic mass is 15.0. The van der Waals surface area contributed by atoms with E-state index in [-0.39, 0.29) is 0 Å². The largest absolute Gasteiger partial charge is 0.309 e. The van der Waals surface area contributed by atoms with Crippen LogP contribution < -0.4 is 0 Å². The van der Waals surface area contributed by atoms with Crippen LogP contribution in [-0.2, 0) is 0 Å². The third kappa shape index (κ3) is 3.52. The maximum Gasteiger partial charge on any atom is 0.0620 e. The van der Waals surface area contributed by atoms with E-state index < -0.39 is 0 Å². The molecule has 12 aromatic rings. The van der Waals surface area contributed by atoms with Crippen molar-refractivity contribution in [2.45, 2.75) is 0 Å². The second kappa shape index (κ2) is 9.87. The number of rotatable bonds is 3. The molecule has 0 aliphatic heterocycles. The highest BCUT2D eigenvalue weighted by Gasteiger charge is 2.22. The van der Waals surface area contributed by atoms with Crippen molar-refractivity contribution in [3.8, 4) is 22.5 Å². The van der Waals surface area contributed by atoms with E-state index in [2.05, 4.69) is 189 Å². The molecular formula is C48H29N3.